The van der Waals surface area contributed by atoms with Crippen LogP contribution in [0.1, 0.15) is 26.7 Å². The molecule has 4 aromatic rings. The van der Waals surface area contributed by atoms with Crippen LogP contribution in [0.5, 0.6) is 46.0 Å². The molecule has 0 bridgehead atoms. The Morgan fingerprint density at radius 1 is 0.525 bits per heavy atom. The first-order chi connectivity index (χ1) is 26.5. The molecule has 4 aromatic carbocycles. The fraction of sp³-hybridized carbons (Fsp3) is 0.359. The zero-order valence-electron chi connectivity index (χ0n) is 35.0. The molecule has 59 heavy (non-hydrogen) atoms. The van der Waals surface area contributed by atoms with Gasteiger partial charge >= 0.3 is 46.1 Å². The van der Waals surface area contributed by atoms with Crippen LogP contribution in [0.2, 0.25) is 0 Å². The summed E-state index contributed by atoms with van der Waals surface area (Å²) in [5.41, 5.74) is 0. The van der Waals surface area contributed by atoms with E-state index in [1.54, 1.807) is 56.9 Å². The third-order valence-corrected chi connectivity index (χ3v) is 10.3. The van der Waals surface area contributed by atoms with E-state index in [2.05, 4.69) is 28.7 Å². The molecule has 0 aromatic heterocycles. The van der Waals surface area contributed by atoms with E-state index in [-0.39, 0.29) is 70.9 Å². The average Bonchev–Trinajstić information content (AvgIpc) is 3.81. The Bertz CT molecular complexity index is 1460. The zero-order valence-corrected chi connectivity index (χ0v) is 46.3. The molecule has 0 N–H and O–H groups in total. The van der Waals surface area contributed by atoms with Crippen molar-refractivity contribution in [2.75, 3.05) is 70.1 Å². The van der Waals surface area contributed by atoms with Crippen LogP contribution in [0.3, 0.4) is 0 Å². The number of methoxy groups -OCH3 is 8. The van der Waals surface area contributed by atoms with E-state index in [1.807, 2.05) is 93.1 Å². The summed E-state index contributed by atoms with van der Waals surface area (Å²) in [5, 5.41) is 1.60. The smallest absolute Gasteiger partial charge is 1.00 e. The minimum Gasteiger partial charge on any atom is -1.00 e. The van der Waals surface area contributed by atoms with Crippen LogP contribution in [-0.2, 0) is 4.74 Å². The third-order valence-electron chi connectivity index (χ3n) is 6.57. The van der Waals surface area contributed by atoms with Crippen LogP contribution in [-0.4, -0.2) is 116 Å². The van der Waals surface area contributed by atoms with E-state index in [4.69, 9.17) is 87.6 Å². The predicted octanol–water partition coefficient (Wildman–Crippen LogP) is 5.32. The van der Waals surface area contributed by atoms with Gasteiger partial charge in [-0.3, -0.25) is 0 Å². The van der Waals surface area contributed by atoms with Gasteiger partial charge in [-0.15, -0.1) is 12.1 Å². The normalized spacial score (nSPS) is 10.1. The van der Waals surface area contributed by atoms with Gasteiger partial charge in [-0.25, -0.2) is 0 Å². The standard InChI is InChI=1S/C16H18ClO4P.C8H9IO2.C8H9O2.C4H8O.C3H7.Cl3P.2ClH.2Mg/c1-18-11-7-5-8-12(19-2)15(11)22(17)16-13(20-3)9-6-10-14(16)21-4;1-10-6-4-3-5-7(11-2)8(6)9;1-9-7-4-3-5-8(6-7)10-2;1-2-4-5-3-1;1-3-2;1-4(2)3;;;;/h5-10H,1-4H3;3-5H,1-2H3;3-5H,1-2H3;1-4H2;3H,1-2H3;;2*1H;;/q;;-1;;-1;;;;2*+2/p-2. The van der Waals surface area contributed by atoms with Gasteiger partial charge < -0.3 is 73.9 Å². The molecule has 324 valence electrons. The summed E-state index contributed by atoms with van der Waals surface area (Å²) < 4.78 is 47.8. The molecule has 0 unspecified atom stereocenters. The van der Waals surface area contributed by atoms with Gasteiger partial charge in [0, 0.05) is 24.7 Å². The summed E-state index contributed by atoms with van der Waals surface area (Å²) in [5.74, 6) is 4.59. The molecule has 5 rings (SSSR count). The van der Waals surface area contributed by atoms with Gasteiger partial charge in [-0.05, 0) is 71.8 Å². The minimum absolute atomic E-state index is 0. The zero-order chi connectivity index (χ0) is 41.6. The molecule has 0 saturated carbocycles. The number of ether oxygens (including phenoxy) is 9. The first-order valence-electron chi connectivity index (χ1n) is 16.4. The van der Waals surface area contributed by atoms with E-state index in [0.717, 1.165) is 38.9 Å². The Labute approximate surface area is 432 Å². The molecule has 0 amide bonds. The van der Waals surface area contributed by atoms with Crippen molar-refractivity contribution in [3.05, 3.63) is 88.9 Å². The van der Waals surface area contributed by atoms with Crippen LogP contribution in [0.15, 0.2) is 72.8 Å². The molecule has 0 atom stereocenters. The number of benzene rings is 4. The predicted molar refractivity (Wildman–Crippen MR) is 253 cm³/mol. The SMILES string of the molecule is C1CCOC1.COc1[c-]c(OC)ccc1.COc1cccc(OC)c1I.COc1cccc(OC)c1P(Cl)c1c(OC)cccc1OC.C[CH-]C.ClP(Cl)Cl.[Cl-].[Cl-].[Mg+2].[Mg+2]. The van der Waals surface area contributed by atoms with E-state index in [0.29, 0.717) is 34.5 Å². The molecule has 1 aliphatic rings. The number of hydrogen-bond donors (Lipinski definition) is 0. The molecular formula is C39H51Cl6IMg2O9P2. The van der Waals surface area contributed by atoms with Crippen molar-refractivity contribution >= 4 is 138 Å². The maximum atomic E-state index is 6.81. The summed E-state index contributed by atoms with van der Waals surface area (Å²) in [7, 11) is 11.6. The monoisotopic (exact) mass is 1110 g/mol. The van der Waals surface area contributed by atoms with Crippen molar-refractivity contribution in [2.45, 2.75) is 26.7 Å². The Morgan fingerprint density at radius 3 is 1.00 bits per heavy atom. The first kappa shape index (κ1) is 68.2. The van der Waals surface area contributed by atoms with Crippen molar-refractivity contribution < 1.29 is 67.4 Å². The molecule has 0 aliphatic carbocycles. The Balaban J connectivity index is -0.000000223. The molecule has 20 heteroatoms. The summed E-state index contributed by atoms with van der Waals surface area (Å²) in [6.07, 6.45) is 4.56. The second kappa shape index (κ2) is 43.4. The Hall–Kier alpha value is 0.102. The molecule has 1 aliphatic heterocycles. The Morgan fingerprint density at radius 2 is 0.780 bits per heavy atom. The van der Waals surface area contributed by atoms with Crippen molar-refractivity contribution in [3.63, 3.8) is 0 Å². The fourth-order valence-corrected chi connectivity index (χ4v) is 7.60. The van der Waals surface area contributed by atoms with E-state index >= 15 is 0 Å². The number of hydrogen-bond acceptors (Lipinski definition) is 9. The van der Waals surface area contributed by atoms with Gasteiger partial charge in [0.15, 0.2) is 5.98 Å². The fourth-order valence-electron chi connectivity index (χ4n) is 4.14. The quantitative estimate of drug-likeness (QED) is 0.0908. The average molecular weight is 1110 g/mol. The van der Waals surface area contributed by atoms with Gasteiger partial charge in [-0.2, -0.15) is 19.9 Å². The van der Waals surface area contributed by atoms with E-state index in [1.165, 1.54) is 12.8 Å². The van der Waals surface area contributed by atoms with Crippen LogP contribution in [0.4, 0.5) is 0 Å². The second-order valence-corrected chi connectivity index (χ2v) is 18.7. The van der Waals surface area contributed by atoms with Gasteiger partial charge in [0.2, 0.25) is 0 Å². The maximum Gasteiger partial charge on any atom is 2.00 e. The minimum atomic E-state index is -1.31. The Kier molecular flexibility index (Phi) is 50.1. The van der Waals surface area contributed by atoms with Crippen LogP contribution in [0.25, 0.3) is 0 Å². The largest absolute Gasteiger partial charge is 2.00 e. The summed E-state index contributed by atoms with van der Waals surface area (Å²) in [4.78, 5) is 0. The first-order valence-corrected chi connectivity index (χ1v) is 23.8. The molecule has 1 heterocycles. The molecule has 0 radical (unpaired) electrons. The van der Waals surface area contributed by atoms with E-state index < -0.39 is 13.3 Å². The third kappa shape index (κ3) is 27.8. The summed E-state index contributed by atoms with van der Waals surface area (Å²) in [6.45, 7) is 6.00. The van der Waals surface area contributed by atoms with Gasteiger partial charge in [0.1, 0.15) is 34.5 Å². The van der Waals surface area contributed by atoms with Gasteiger partial charge in [-0.1, -0.05) is 69.2 Å². The topological polar surface area (TPSA) is 83.1 Å². The number of halogens is 7. The maximum absolute atomic E-state index is 6.81. The van der Waals surface area contributed by atoms with Crippen molar-refractivity contribution in [3.8, 4) is 46.0 Å². The second-order valence-electron chi connectivity index (χ2n) is 10.2. The van der Waals surface area contributed by atoms with Crippen molar-refractivity contribution in [1.82, 2.24) is 0 Å². The molecule has 1 saturated heterocycles. The summed E-state index contributed by atoms with van der Waals surface area (Å²) >= 11 is 23.6. The van der Waals surface area contributed by atoms with Crippen LogP contribution in [0, 0.1) is 16.1 Å². The van der Waals surface area contributed by atoms with Crippen LogP contribution < -0.4 is 73.3 Å². The van der Waals surface area contributed by atoms with Gasteiger partial charge in [0.05, 0.1) is 78.3 Å². The molecule has 9 nitrogen and oxygen atoms in total. The molecule has 1 fully saturated rings. The molecular weight excluding hydrogens is 1060 g/mol. The number of rotatable bonds is 10. The van der Waals surface area contributed by atoms with E-state index in [9.17, 15) is 0 Å². The molecule has 0 spiro atoms. The van der Waals surface area contributed by atoms with Gasteiger partial charge in [0.25, 0.3) is 0 Å². The van der Waals surface area contributed by atoms with Crippen molar-refractivity contribution in [2.24, 2.45) is 0 Å². The van der Waals surface area contributed by atoms with Crippen molar-refractivity contribution in [1.29, 1.82) is 0 Å². The van der Waals surface area contributed by atoms with Crippen LogP contribution >= 0.6 is 80.8 Å². The summed E-state index contributed by atoms with van der Waals surface area (Å²) in [6, 6.07) is 25.3.